The zero-order chi connectivity index (χ0) is 13.9. The summed E-state index contributed by atoms with van der Waals surface area (Å²) in [4.78, 5) is 4.67. The van der Waals surface area contributed by atoms with Crippen molar-refractivity contribution in [2.75, 3.05) is 6.54 Å². The van der Waals surface area contributed by atoms with E-state index in [1.54, 1.807) is 0 Å². The van der Waals surface area contributed by atoms with Gasteiger partial charge in [0.15, 0.2) is 5.96 Å². The van der Waals surface area contributed by atoms with E-state index >= 15 is 0 Å². The zero-order valence-electron chi connectivity index (χ0n) is 12.7. The number of guanidine groups is 1. The summed E-state index contributed by atoms with van der Waals surface area (Å²) in [5.74, 6) is 0.900. The van der Waals surface area contributed by atoms with Crippen LogP contribution in [0.5, 0.6) is 0 Å². The molecule has 3 rings (SSSR count). The van der Waals surface area contributed by atoms with Crippen LogP contribution < -0.4 is 10.6 Å². The third-order valence-corrected chi connectivity index (χ3v) is 4.09. The van der Waals surface area contributed by atoms with Crippen LogP contribution in [0.1, 0.15) is 31.7 Å². The second kappa shape index (κ2) is 7.49. The monoisotopic (exact) mass is 404 g/mol. The molecular formula is C15H25IN4O. The minimum absolute atomic E-state index is 0. The van der Waals surface area contributed by atoms with Crippen LogP contribution in [0, 0.1) is 0 Å². The third-order valence-electron chi connectivity index (χ3n) is 4.09. The fraction of sp³-hybridized carbons (Fsp3) is 0.667. The Hall–Kier alpha value is -0.760. The van der Waals surface area contributed by atoms with Gasteiger partial charge in [-0.3, -0.25) is 0 Å². The van der Waals surface area contributed by atoms with Gasteiger partial charge in [-0.2, -0.15) is 0 Å². The lowest BCUT2D eigenvalue weighted by atomic mass is 9.96. The second-order valence-electron chi connectivity index (χ2n) is 5.74. The molecule has 3 atom stereocenters. The number of hydrogen-bond donors (Lipinski definition) is 2. The maximum Gasteiger partial charge on any atom is 0.191 e. The topological polar surface area (TPSA) is 50.6 Å². The molecule has 6 heteroatoms. The molecule has 1 aromatic rings. The molecule has 0 aromatic carbocycles. The van der Waals surface area contributed by atoms with Gasteiger partial charge >= 0.3 is 0 Å². The minimum atomic E-state index is 0. The number of nitrogens with one attached hydrogen (secondary N) is 2. The summed E-state index contributed by atoms with van der Waals surface area (Å²) in [7, 11) is 2.03. The Labute approximate surface area is 143 Å². The van der Waals surface area contributed by atoms with E-state index in [2.05, 4.69) is 45.6 Å². The molecule has 2 fully saturated rings. The van der Waals surface area contributed by atoms with E-state index in [1.165, 1.54) is 18.4 Å². The normalized spacial score (nSPS) is 27.5. The van der Waals surface area contributed by atoms with Crippen molar-refractivity contribution >= 4 is 29.9 Å². The third kappa shape index (κ3) is 4.12. The summed E-state index contributed by atoms with van der Waals surface area (Å²) >= 11 is 0. The predicted octanol–water partition coefficient (Wildman–Crippen LogP) is 2.02. The number of rotatable bonds is 4. The smallest absolute Gasteiger partial charge is 0.191 e. The van der Waals surface area contributed by atoms with E-state index in [1.807, 2.05) is 7.05 Å². The van der Waals surface area contributed by atoms with E-state index < -0.39 is 0 Å². The molecule has 1 aromatic heterocycles. The predicted molar refractivity (Wildman–Crippen MR) is 95.1 cm³/mol. The summed E-state index contributed by atoms with van der Waals surface area (Å²) in [6, 6.07) is 2.52. The Morgan fingerprint density at radius 1 is 1.48 bits per heavy atom. The van der Waals surface area contributed by atoms with Gasteiger partial charge in [0, 0.05) is 26.0 Å². The van der Waals surface area contributed by atoms with Gasteiger partial charge in [0.25, 0.3) is 0 Å². The molecule has 2 aliphatic heterocycles. The molecule has 2 saturated heterocycles. The fourth-order valence-corrected chi connectivity index (χ4v) is 3.11. The summed E-state index contributed by atoms with van der Waals surface area (Å²) in [6.45, 7) is 3.68. The van der Waals surface area contributed by atoms with Gasteiger partial charge in [-0.25, -0.2) is 4.99 Å². The SMILES string of the molecule is CCNC(=NCc1ccn(C)c1)NC1CC2CCC1O2.I. The highest BCUT2D eigenvalue weighted by molar-refractivity contribution is 14.0. The number of aromatic nitrogens is 1. The second-order valence-corrected chi connectivity index (χ2v) is 5.74. The molecule has 118 valence electrons. The molecule has 0 saturated carbocycles. The highest BCUT2D eigenvalue weighted by Gasteiger charge is 2.41. The van der Waals surface area contributed by atoms with Crippen molar-refractivity contribution in [1.29, 1.82) is 0 Å². The zero-order valence-corrected chi connectivity index (χ0v) is 15.0. The van der Waals surface area contributed by atoms with Gasteiger partial charge in [0.2, 0.25) is 0 Å². The Kier molecular flexibility index (Phi) is 5.92. The van der Waals surface area contributed by atoms with Gasteiger partial charge in [0.1, 0.15) is 0 Å². The van der Waals surface area contributed by atoms with Crippen LogP contribution in [0.2, 0.25) is 0 Å². The van der Waals surface area contributed by atoms with Crippen molar-refractivity contribution in [1.82, 2.24) is 15.2 Å². The average molecular weight is 404 g/mol. The lowest BCUT2D eigenvalue weighted by Gasteiger charge is -2.22. The van der Waals surface area contributed by atoms with E-state index in [-0.39, 0.29) is 24.0 Å². The number of fused-ring (bicyclic) bond motifs is 2. The molecule has 3 heterocycles. The lowest BCUT2D eigenvalue weighted by molar-refractivity contribution is 0.0992. The van der Waals surface area contributed by atoms with Crippen molar-refractivity contribution in [2.45, 2.75) is 51.0 Å². The number of aliphatic imine (C=N–C) groups is 1. The molecule has 3 unspecified atom stereocenters. The van der Waals surface area contributed by atoms with Crippen LogP contribution >= 0.6 is 24.0 Å². The summed E-state index contributed by atoms with van der Waals surface area (Å²) in [5, 5.41) is 6.85. The first-order valence-corrected chi connectivity index (χ1v) is 7.55. The summed E-state index contributed by atoms with van der Waals surface area (Å²) in [6.07, 6.45) is 8.51. The molecule has 2 bridgehead atoms. The van der Waals surface area contributed by atoms with Crippen molar-refractivity contribution in [3.8, 4) is 0 Å². The van der Waals surface area contributed by atoms with Crippen LogP contribution in [0.15, 0.2) is 23.5 Å². The Morgan fingerprint density at radius 3 is 2.90 bits per heavy atom. The number of ether oxygens (including phenoxy) is 1. The van der Waals surface area contributed by atoms with E-state index in [0.717, 1.165) is 18.9 Å². The number of nitrogens with zero attached hydrogens (tertiary/aromatic N) is 2. The molecular weight excluding hydrogens is 379 g/mol. The van der Waals surface area contributed by atoms with E-state index in [9.17, 15) is 0 Å². The van der Waals surface area contributed by atoms with Crippen LogP contribution in [-0.4, -0.2) is 35.3 Å². The van der Waals surface area contributed by atoms with Crippen LogP contribution in [0.3, 0.4) is 0 Å². The van der Waals surface area contributed by atoms with Crippen LogP contribution in [0.25, 0.3) is 0 Å². The number of aryl methyl sites for hydroxylation is 1. The molecule has 2 aliphatic rings. The molecule has 0 radical (unpaired) electrons. The standard InChI is InChI=1S/C15H24N4O.HI/c1-3-16-15(17-9-11-6-7-19(2)10-11)18-13-8-12-4-5-14(13)20-12;/h6-7,10,12-14H,3-5,8-9H2,1-2H3,(H2,16,17,18);1H. The molecule has 2 N–H and O–H groups in total. The van der Waals surface area contributed by atoms with Crippen molar-refractivity contribution in [2.24, 2.45) is 12.0 Å². The highest BCUT2D eigenvalue weighted by Crippen LogP contribution is 2.34. The highest BCUT2D eigenvalue weighted by atomic mass is 127. The van der Waals surface area contributed by atoms with Crippen LogP contribution in [-0.2, 0) is 18.3 Å². The number of hydrogen-bond acceptors (Lipinski definition) is 2. The molecule has 0 amide bonds. The first kappa shape index (κ1) is 16.6. The maximum absolute atomic E-state index is 5.88. The molecule has 21 heavy (non-hydrogen) atoms. The minimum Gasteiger partial charge on any atom is -0.373 e. The maximum atomic E-state index is 5.88. The average Bonchev–Trinajstić information content (AvgIpc) is 3.13. The van der Waals surface area contributed by atoms with E-state index in [4.69, 9.17) is 4.74 Å². The fourth-order valence-electron chi connectivity index (χ4n) is 3.11. The Bertz CT molecular complexity index is 488. The van der Waals surface area contributed by atoms with Gasteiger partial charge in [0.05, 0.1) is 24.8 Å². The lowest BCUT2D eigenvalue weighted by Crippen LogP contribution is -2.47. The van der Waals surface area contributed by atoms with Gasteiger partial charge in [-0.1, -0.05) is 0 Å². The van der Waals surface area contributed by atoms with Gasteiger partial charge in [-0.05, 0) is 37.8 Å². The van der Waals surface area contributed by atoms with Gasteiger partial charge in [-0.15, -0.1) is 24.0 Å². The summed E-state index contributed by atoms with van der Waals surface area (Å²) < 4.78 is 7.93. The quantitative estimate of drug-likeness (QED) is 0.459. The summed E-state index contributed by atoms with van der Waals surface area (Å²) in [5.41, 5.74) is 1.23. The first-order chi connectivity index (χ1) is 9.74. The largest absolute Gasteiger partial charge is 0.373 e. The van der Waals surface area contributed by atoms with E-state index in [0.29, 0.717) is 24.8 Å². The number of halogens is 1. The molecule has 0 spiro atoms. The van der Waals surface area contributed by atoms with Crippen molar-refractivity contribution in [3.63, 3.8) is 0 Å². The molecule has 0 aliphatic carbocycles. The van der Waals surface area contributed by atoms with Crippen molar-refractivity contribution in [3.05, 3.63) is 24.0 Å². The van der Waals surface area contributed by atoms with Crippen molar-refractivity contribution < 1.29 is 4.74 Å². The van der Waals surface area contributed by atoms with Crippen LogP contribution in [0.4, 0.5) is 0 Å². The Morgan fingerprint density at radius 2 is 2.33 bits per heavy atom. The van der Waals surface area contributed by atoms with Gasteiger partial charge < -0.3 is 19.9 Å². The Balaban J connectivity index is 0.00000161. The molecule has 5 nitrogen and oxygen atoms in total. The first-order valence-electron chi connectivity index (χ1n) is 7.55.